The van der Waals surface area contributed by atoms with Crippen LogP contribution in [0.2, 0.25) is 0 Å². The highest BCUT2D eigenvalue weighted by atomic mass is 79.9. The van der Waals surface area contributed by atoms with E-state index in [1.165, 1.54) is 11.1 Å². The Kier molecular flexibility index (Phi) is 4.63. The summed E-state index contributed by atoms with van der Waals surface area (Å²) < 4.78 is 1.08. The summed E-state index contributed by atoms with van der Waals surface area (Å²) in [5.41, 5.74) is 8.61. The molecule has 4 heteroatoms. The van der Waals surface area contributed by atoms with Gasteiger partial charge in [-0.3, -0.25) is 4.79 Å². The number of amides is 1. The number of nitrogens with zero attached hydrogens (tertiary/aromatic N) is 1. The Hall–Kier alpha value is -0.870. The van der Waals surface area contributed by atoms with E-state index in [4.69, 9.17) is 5.73 Å². The molecule has 1 aromatic rings. The maximum absolute atomic E-state index is 12.4. The molecule has 0 saturated carbocycles. The first kappa shape index (κ1) is 14.5. The Balaban J connectivity index is 2.13. The van der Waals surface area contributed by atoms with Crippen LogP contribution in [0.3, 0.4) is 0 Å². The van der Waals surface area contributed by atoms with Crippen molar-refractivity contribution in [3.63, 3.8) is 0 Å². The number of benzene rings is 1. The van der Waals surface area contributed by atoms with Gasteiger partial charge < -0.3 is 10.6 Å². The second-order valence-electron chi connectivity index (χ2n) is 5.30. The molecule has 2 atom stereocenters. The lowest BCUT2D eigenvalue weighted by atomic mass is 9.96. The van der Waals surface area contributed by atoms with Crippen LogP contribution in [0.5, 0.6) is 0 Å². The topological polar surface area (TPSA) is 46.3 Å². The summed E-state index contributed by atoms with van der Waals surface area (Å²) in [7, 11) is 0. The molecule has 19 heavy (non-hydrogen) atoms. The highest BCUT2D eigenvalue weighted by molar-refractivity contribution is 9.10. The lowest BCUT2D eigenvalue weighted by Gasteiger charge is -2.32. The van der Waals surface area contributed by atoms with Crippen LogP contribution in [0, 0.1) is 5.92 Å². The van der Waals surface area contributed by atoms with Crippen LogP contribution in [0.1, 0.15) is 31.4 Å². The van der Waals surface area contributed by atoms with Gasteiger partial charge in [-0.15, -0.1) is 0 Å². The van der Waals surface area contributed by atoms with Gasteiger partial charge in [-0.2, -0.15) is 0 Å². The maximum Gasteiger partial charge on any atom is 0.240 e. The third kappa shape index (κ3) is 3.00. The van der Waals surface area contributed by atoms with Gasteiger partial charge in [0.25, 0.3) is 0 Å². The van der Waals surface area contributed by atoms with Crippen molar-refractivity contribution in [3.05, 3.63) is 33.8 Å². The second kappa shape index (κ2) is 6.06. The number of carbonyl (C=O) groups is 1. The first-order valence-electron chi connectivity index (χ1n) is 6.85. The largest absolute Gasteiger partial charge is 0.337 e. The Bertz CT molecular complexity index is 475. The molecule has 0 bridgehead atoms. The van der Waals surface area contributed by atoms with E-state index in [0.29, 0.717) is 6.54 Å². The SMILES string of the molecule is CCC(C)C(N)C(=O)N1CCc2cccc(Br)c2C1. The molecular formula is C15H21BrN2O. The smallest absolute Gasteiger partial charge is 0.240 e. The van der Waals surface area contributed by atoms with Crippen LogP contribution < -0.4 is 5.73 Å². The van der Waals surface area contributed by atoms with Gasteiger partial charge in [-0.05, 0) is 29.5 Å². The van der Waals surface area contributed by atoms with Crippen molar-refractivity contribution >= 4 is 21.8 Å². The average molecular weight is 325 g/mol. The van der Waals surface area contributed by atoms with Gasteiger partial charge >= 0.3 is 0 Å². The molecule has 0 spiro atoms. The average Bonchev–Trinajstić information content (AvgIpc) is 2.45. The van der Waals surface area contributed by atoms with Crippen molar-refractivity contribution in [2.24, 2.45) is 11.7 Å². The molecule has 2 N–H and O–H groups in total. The van der Waals surface area contributed by atoms with Gasteiger partial charge in [0.1, 0.15) is 0 Å². The predicted molar refractivity (Wildman–Crippen MR) is 80.7 cm³/mol. The minimum atomic E-state index is -0.381. The fourth-order valence-electron chi connectivity index (χ4n) is 2.44. The van der Waals surface area contributed by atoms with Crippen LogP contribution in [-0.2, 0) is 17.8 Å². The predicted octanol–water partition coefficient (Wildman–Crippen LogP) is 2.71. The fourth-order valence-corrected chi connectivity index (χ4v) is 2.97. The van der Waals surface area contributed by atoms with E-state index in [9.17, 15) is 4.79 Å². The molecule has 0 aliphatic carbocycles. The van der Waals surface area contributed by atoms with E-state index in [1.807, 2.05) is 24.0 Å². The highest BCUT2D eigenvalue weighted by Crippen LogP contribution is 2.27. The van der Waals surface area contributed by atoms with Crippen molar-refractivity contribution < 1.29 is 4.79 Å². The van der Waals surface area contributed by atoms with E-state index in [2.05, 4.69) is 28.9 Å². The number of fused-ring (bicyclic) bond motifs is 1. The van der Waals surface area contributed by atoms with Crippen LogP contribution in [-0.4, -0.2) is 23.4 Å². The molecule has 2 unspecified atom stereocenters. The Morgan fingerprint density at radius 1 is 1.53 bits per heavy atom. The number of nitrogens with two attached hydrogens (primary N) is 1. The normalized spacial score (nSPS) is 17.8. The van der Waals surface area contributed by atoms with Gasteiger partial charge in [0, 0.05) is 17.6 Å². The molecule has 1 aliphatic heterocycles. The summed E-state index contributed by atoms with van der Waals surface area (Å²) in [6, 6.07) is 5.83. The van der Waals surface area contributed by atoms with Crippen LogP contribution in [0.4, 0.5) is 0 Å². The molecule has 0 aromatic heterocycles. The minimum Gasteiger partial charge on any atom is -0.337 e. The molecule has 1 aromatic carbocycles. The summed E-state index contributed by atoms with van der Waals surface area (Å²) in [5.74, 6) is 0.309. The van der Waals surface area contributed by atoms with Gasteiger partial charge in [-0.25, -0.2) is 0 Å². The van der Waals surface area contributed by atoms with Crippen molar-refractivity contribution in [1.29, 1.82) is 0 Å². The molecule has 0 fully saturated rings. The van der Waals surface area contributed by atoms with Crippen LogP contribution in [0.25, 0.3) is 0 Å². The molecule has 0 saturated heterocycles. The van der Waals surface area contributed by atoms with Gasteiger partial charge in [-0.1, -0.05) is 48.3 Å². The zero-order valence-corrected chi connectivity index (χ0v) is 13.1. The highest BCUT2D eigenvalue weighted by Gasteiger charge is 2.28. The molecule has 3 nitrogen and oxygen atoms in total. The Morgan fingerprint density at radius 2 is 2.26 bits per heavy atom. The molecule has 104 valence electrons. The Morgan fingerprint density at radius 3 is 2.95 bits per heavy atom. The molecule has 2 rings (SSSR count). The van der Waals surface area contributed by atoms with E-state index in [1.54, 1.807) is 0 Å². The summed E-state index contributed by atoms with van der Waals surface area (Å²) in [6.07, 6.45) is 1.84. The minimum absolute atomic E-state index is 0.0794. The number of halogens is 1. The lowest BCUT2D eigenvalue weighted by molar-refractivity contribution is -0.134. The number of rotatable bonds is 3. The molecule has 1 aliphatic rings. The van der Waals surface area contributed by atoms with Gasteiger partial charge in [0.15, 0.2) is 0 Å². The lowest BCUT2D eigenvalue weighted by Crippen LogP contribution is -2.48. The quantitative estimate of drug-likeness (QED) is 0.929. The van der Waals surface area contributed by atoms with E-state index in [-0.39, 0.29) is 17.9 Å². The summed E-state index contributed by atoms with van der Waals surface area (Å²) >= 11 is 3.57. The van der Waals surface area contributed by atoms with Crippen molar-refractivity contribution in [2.45, 2.75) is 39.3 Å². The monoisotopic (exact) mass is 324 g/mol. The zero-order valence-electron chi connectivity index (χ0n) is 11.5. The van der Waals surface area contributed by atoms with E-state index < -0.39 is 0 Å². The van der Waals surface area contributed by atoms with E-state index in [0.717, 1.165) is 23.9 Å². The van der Waals surface area contributed by atoms with Gasteiger partial charge in [0.2, 0.25) is 5.91 Å². The Labute approximate surface area is 123 Å². The van der Waals surface area contributed by atoms with E-state index >= 15 is 0 Å². The second-order valence-corrected chi connectivity index (χ2v) is 6.15. The molecular weight excluding hydrogens is 304 g/mol. The zero-order chi connectivity index (χ0) is 14.0. The standard InChI is InChI=1S/C15H21BrN2O/c1-3-10(2)14(17)15(19)18-8-7-11-5-4-6-13(16)12(11)9-18/h4-6,10,14H,3,7-9,17H2,1-2H3. The molecule has 1 amide bonds. The van der Waals surface area contributed by atoms with Crippen molar-refractivity contribution in [3.8, 4) is 0 Å². The molecule has 0 radical (unpaired) electrons. The van der Waals surface area contributed by atoms with Crippen molar-refractivity contribution in [2.75, 3.05) is 6.54 Å². The summed E-state index contributed by atoms with van der Waals surface area (Å²) in [4.78, 5) is 14.3. The maximum atomic E-state index is 12.4. The first-order valence-corrected chi connectivity index (χ1v) is 7.64. The summed E-state index contributed by atoms with van der Waals surface area (Å²) in [6.45, 7) is 5.54. The van der Waals surface area contributed by atoms with Crippen LogP contribution >= 0.6 is 15.9 Å². The number of hydrogen-bond donors (Lipinski definition) is 1. The third-order valence-corrected chi connectivity index (χ3v) is 4.81. The fraction of sp³-hybridized carbons (Fsp3) is 0.533. The summed E-state index contributed by atoms with van der Waals surface area (Å²) in [5, 5.41) is 0. The molecule has 1 heterocycles. The van der Waals surface area contributed by atoms with Crippen molar-refractivity contribution in [1.82, 2.24) is 4.90 Å². The third-order valence-electron chi connectivity index (χ3n) is 4.07. The number of carbonyl (C=O) groups excluding carboxylic acids is 1. The first-order chi connectivity index (χ1) is 9.04. The van der Waals surface area contributed by atoms with Crippen LogP contribution in [0.15, 0.2) is 22.7 Å². The number of hydrogen-bond acceptors (Lipinski definition) is 2. The van der Waals surface area contributed by atoms with Gasteiger partial charge in [0.05, 0.1) is 6.04 Å².